The van der Waals surface area contributed by atoms with E-state index in [9.17, 15) is 4.79 Å². The van der Waals surface area contributed by atoms with Gasteiger partial charge in [-0.1, -0.05) is 38.6 Å². The average Bonchev–Trinajstić information content (AvgIpc) is 2.79. The minimum atomic E-state index is -0.181. The number of fused-ring (bicyclic) bond motifs is 1. The first-order valence-electron chi connectivity index (χ1n) is 10.3. The zero-order valence-electron chi connectivity index (χ0n) is 18.2. The van der Waals surface area contributed by atoms with Gasteiger partial charge in [-0.25, -0.2) is 0 Å². The van der Waals surface area contributed by atoms with E-state index in [0.717, 1.165) is 16.9 Å². The van der Waals surface area contributed by atoms with Gasteiger partial charge in [0.2, 0.25) is 5.91 Å². The molecule has 1 aliphatic heterocycles. The average molecular weight is 424 g/mol. The minimum absolute atomic E-state index is 0.155. The number of benzene rings is 2. The highest BCUT2D eigenvalue weighted by Gasteiger charge is 2.20. The molecule has 0 radical (unpaired) electrons. The second kappa shape index (κ2) is 10.6. The van der Waals surface area contributed by atoms with Crippen LogP contribution in [0.4, 0.5) is 0 Å². The van der Waals surface area contributed by atoms with Crippen LogP contribution in [0.2, 0.25) is 0 Å². The smallest absolute Gasteiger partial charge is 0.244 e. The molecule has 6 heteroatoms. The third kappa shape index (κ3) is 5.81. The summed E-state index contributed by atoms with van der Waals surface area (Å²) < 4.78 is 22.2. The Balaban J connectivity index is 1.70. The Hall–Kier alpha value is -3.41. The third-order valence-corrected chi connectivity index (χ3v) is 4.86. The molecule has 0 saturated heterocycles. The maximum atomic E-state index is 12.6. The fraction of sp³-hybridized carbons (Fsp3) is 0.320. The van der Waals surface area contributed by atoms with Gasteiger partial charge in [0, 0.05) is 6.08 Å². The number of methoxy groups -OCH3 is 1. The number of hydrogen-bond donors (Lipinski definition) is 1. The number of carbonyl (C=O) groups excluding carboxylic acids is 1. The third-order valence-electron chi connectivity index (χ3n) is 4.86. The lowest BCUT2D eigenvalue weighted by molar-refractivity contribution is -0.117. The van der Waals surface area contributed by atoms with Gasteiger partial charge in [0.1, 0.15) is 19.8 Å². The predicted molar refractivity (Wildman–Crippen MR) is 121 cm³/mol. The lowest BCUT2D eigenvalue weighted by Crippen LogP contribution is -2.30. The molecule has 1 aliphatic rings. The molecular weight excluding hydrogens is 394 g/mol. The van der Waals surface area contributed by atoms with E-state index in [1.54, 1.807) is 19.3 Å². The Bertz CT molecular complexity index is 951. The van der Waals surface area contributed by atoms with Crippen LogP contribution in [-0.2, 0) is 4.79 Å². The van der Waals surface area contributed by atoms with Crippen molar-refractivity contribution in [1.29, 1.82) is 0 Å². The van der Waals surface area contributed by atoms with Crippen molar-refractivity contribution in [2.45, 2.75) is 19.9 Å². The Labute approximate surface area is 183 Å². The fourth-order valence-corrected chi connectivity index (χ4v) is 3.32. The molecule has 1 unspecified atom stereocenters. The standard InChI is InChI=1S/C25H29NO5/c1-5-12-29-20-9-6-18(15-22(20)28-4)7-11-24(27)26-25(17(2)3)19-8-10-21-23(16-19)31-14-13-30-21/h5-11,15-17,25H,1,12-14H2,2-4H3,(H,26,27)/b11-7+. The minimum Gasteiger partial charge on any atom is -0.493 e. The van der Waals surface area contributed by atoms with Gasteiger partial charge in [-0.2, -0.15) is 0 Å². The molecule has 31 heavy (non-hydrogen) atoms. The summed E-state index contributed by atoms with van der Waals surface area (Å²) in [5, 5.41) is 3.09. The number of amides is 1. The second-order valence-electron chi connectivity index (χ2n) is 7.48. The summed E-state index contributed by atoms with van der Waals surface area (Å²) in [6, 6.07) is 11.1. The van der Waals surface area contributed by atoms with Gasteiger partial charge in [0.05, 0.1) is 13.2 Å². The molecule has 0 spiro atoms. The van der Waals surface area contributed by atoms with Gasteiger partial charge in [0.25, 0.3) is 0 Å². The summed E-state index contributed by atoms with van der Waals surface area (Å²) in [5.41, 5.74) is 1.81. The van der Waals surface area contributed by atoms with Gasteiger partial charge in [0.15, 0.2) is 23.0 Å². The number of nitrogens with one attached hydrogen (secondary N) is 1. The molecule has 1 atom stereocenters. The first-order chi connectivity index (χ1) is 15.0. The van der Waals surface area contributed by atoms with Crippen LogP contribution in [0.3, 0.4) is 0 Å². The van der Waals surface area contributed by atoms with Crippen molar-refractivity contribution in [2.75, 3.05) is 26.9 Å². The predicted octanol–water partition coefficient (Wildman–Crippen LogP) is 4.56. The summed E-state index contributed by atoms with van der Waals surface area (Å²) in [6.45, 7) is 9.25. The van der Waals surface area contributed by atoms with Crippen molar-refractivity contribution in [3.05, 3.63) is 66.3 Å². The molecular formula is C25H29NO5. The maximum Gasteiger partial charge on any atom is 0.244 e. The summed E-state index contributed by atoms with van der Waals surface area (Å²) in [6.07, 6.45) is 4.94. The molecule has 0 fully saturated rings. The van der Waals surface area contributed by atoms with Crippen molar-refractivity contribution in [1.82, 2.24) is 5.32 Å². The number of hydrogen-bond acceptors (Lipinski definition) is 5. The molecule has 164 valence electrons. The van der Waals surface area contributed by atoms with Crippen LogP contribution in [0.15, 0.2) is 55.1 Å². The first-order valence-corrected chi connectivity index (χ1v) is 10.3. The lowest BCUT2D eigenvalue weighted by atomic mass is 9.95. The van der Waals surface area contributed by atoms with Crippen LogP contribution in [-0.4, -0.2) is 32.8 Å². The normalized spacial score (nSPS) is 13.7. The molecule has 1 heterocycles. The number of rotatable bonds is 9. The Kier molecular flexibility index (Phi) is 7.60. The molecule has 6 nitrogen and oxygen atoms in total. The van der Waals surface area contributed by atoms with E-state index < -0.39 is 0 Å². The molecule has 0 saturated carbocycles. The Morgan fingerprint density at radius 3 is 2.61 bits per heavy atom. The van der Waals surface area contributed by atoms with E-state index in [1.807, 2.05) is 36.4 Å². The van der Waals surface area contributed by atoms with Gasteiger partial charge in [-0.05, 0) is 47.4 Å². The van der Waals surface area contributed by atoms with Crippen molar-refractivity contribution in [3.63, 3.8) is 0 Å². The SMILES string of the molecule is C=CCOc1ccc(/C=C/C(=O)NC(c2ccc3c(c2)OCCO3)C(C)C)cc1OC. The van der Waals surface area contributed by atoms with Crippen LogP contribution in [0.5, 0.6) is 23.0 Å². The van der Waals surface area contributed by atoms with Crippen LogP contribution >= 0.6 is 0 Å². The molecule has 0 bridgehead atoms. The maximum absolute atomic E-state index is 12.6. The van der Waals surface area contributed by atoms with Gasteiger partial charge >= 0.3 is 0 Å². The quantitative estimate of drug-likeness (QED) is 0.473. The summed E-state index contributed by atoms with van der Waals surface area (Å²) in [5.74, 6) is 2.69. The van der Waals surface area contributed by atoms with E-state index in [2.05, 4.69) is 25.7 Å². The molecule has 2 aromatic rings. The second-order valence-corrected chi connectivity index (χ2v) is 7.48. The molecule has 0 aliphatic carbocycles. The van der Waals surface area contributed by atoms with E-state index >= 15 is 0 Å². The first kappa shape index (κ1) is 22.3. The fourth-order valence-electron chi connectivity index (χ4n) is 3.32. The number of ether oxygens (including phenoxy) is 4. The molecule has 3 rings (SSSR count). The van der Waals surface area contributed by atoms with Gasteiger partial charge in [-0.3, -0.25) is 4.79 Å². The highest BCUT2D eigenvalue weighted by Crippen LogP contribution is 2.34. The van der Waals surface area contributed by atoms with Crippen LogP contribution in [0.1, 0.15) is 31.0 Å². The largest absolute Gasteiger partial charge is 0.493 e. The molecule has 2 aromatic carbocycles. The Morgan fingerprint density at radius 1 is 1.13 bits per heavy atom. The van der Waals surface area contributed by atoms with Crippen molar-refractivity contribution in [2.24, 2.45) is 5.92 Å². The van der Waals surface area contributed by atoms with Crippen LogP contribution in [0.25, 0.3) is 6.08 Å². The molecule has 1 amide bonds. The van der Waals surface area contributed by atoms with E-state index in [1.165, 1.54) is 6.08 Å². The van der Waals surface area contributed by atoms with E-state index in [4.69, 9.17) is 18.9 Å². The van der Waals surface area contributed by atoms with Crippen molar-refractivity contribution < 1.29 is 23.7 Å². The van der Waals surface area contributed by atoms with Crippen molar-refractivity contribution >= 4 is 12.0 Å². The molecule has 0 aromatic heterocycles. The molecule has 1 N–H and O–H groups in total. The number of carbonyl (C=O) groups is 1. The lowest BCUT2D eigenvalue weighted by Gasteiger charge is -2.25. The topological polar surface area (TPSA) is 66.0 Å². The highest BCUT2D eigenvalue weighted by molar-refractivity contribution is 5.92. The van der Waals surface area contributed by atoms with E-state index in [0.29, 0.717) is 37.1 Å². The van der Waals surface area contributed by atoms with Crippen LogP contribution < -0.4 is 24.3 Å². The summed E-state index contributed by atoms with van der Waals surface area (Å²) in [4.78, 5) is 12.6. The Morgan fingerprint density at radius 2 is 1.90 bits per heavy atom. The monoisotopic (exact) mass is 423 g/mol. The zero-order chi connectivity index (χ0) is 22.2. The zero-order valence-corrected chi connectivity index (χ0v) is 18.2. The van der Waals surface area contributed by atoms with Gasteiger partial charge in [-0.15, -0.1) is 0 Å². The summed E-state index contributed by atoms with van der Waals surface area (Å²) in [7, 11) is 1.58. The van der Waals surface area contributed by atoms with Gasteiger partial charge < -0.3 is 24.3 Å². The van der Waals surface area contributed by atoms with E-state index in [-0.39, 0.29) is 17.9 Å². The highest BCUT2D eigenvalue weighted by atomic mass is 16.6. The summed E-state index contributed by atoms with van der Waals surface area (Å²) >= 11 is 0. The van der Waals surface area contributed by atoms with Crippen LogP contribution in [0, 0.1) is 5.92 Å². The van der Waals surface area contributed by atoms with Crippen molar-refractivity contribution in [3.8, 4) is 23.0 Å².